The first kappa shape index (κ1) is 8.96. The lowest BCUT2D eigenvalue weighted by Crippen LogP contribution is -2.33. The largest absolute Gasteiger partial charge is 0.509 e. The molecule has 1 heterocycles. The summed E-state index contributed by atoms with van der Waals surface area (Å²) in [4.78, 5) is 9.52. The Balaban J connectivity index is 2.86. The van der Waals surface area contributed by atoms with Crippen molar-refractivity contribution in [3.05, 3.63) is 12.4 Å². The minimum atomic E-state index is -1.55. The van der Waals surface area contributed by atoms with Gasteiger partial charge < -0.3 is 14.9 Å². The van der Waals surface area contributed by atoms with Crippen LogP contribution in [0.3, 0.4) is 0 Å². The van der Waals surface area contributed by atoms with Crippen LogP contribution in [-0.4, -0.2) is 41.2 Å². The first-order valence-corrected chi connectivity index (χ1v) is 3.46. The molecule has 12 heavy (non-hydrogen) atoms. The summed E-state index contributed by atoms with van der Waals surface area (Å²) in [6.07, 6.45) is 2.81. The predicted octanol–water partition coefficient (Wildman–Crippen LogP) is -1.78. The molecule has 0 atom stereocenters. The van der Waals surface area contributed by atoms with Crippen molar-refractivity contribution in [2.45, 2.75) is 0 Å². The van der Waals surface area contributed by atoms with Gasteiger partial charge >= 0.3 is 7.12 Å². The summed E-state index contributed by atoms with van der Waals surface area (Å²) in [5.74, 6) is 0.680. The number of rotatable bonds is 2. The van der Waals surface area contributed by atoms with Gasteiger partial charge in [-0.25, -0.2) is 4.98 Å². The summed E-state index contributed by atoms with van der Waals surface area (Å²) in [5.41, 5.74) is 0.153. The average molecular weight is 167 g/mol. The molecule has 0 aliphatic carbocycles. The van der Waals surface area contributed by atoms with Crippen molar-refractivity contribution in [1.82, 2.24) is 9.97 Å². The quantitative estimate of drug-likeness (QED) is 0.509. The van der Waals surface area contributed by atoms with Crippen LogP contribution in [0.1, 0.15) is 0 Å². The molecule has 0 bridgehead atoms. The van der Waals surface area contributed by atoms with Gasteiger partial charge in [0.05, 0.1) is 11.8 Å². The summed E-state index contributed by atoms with van der Waals surface area (Å²) in [7, 11) is 2.12. The van der Waals surface area contributed by atoms with E-state index in [-0.39, 0.29) is 5.59 Å². The van der Waals surface area contributed by atoms with E-state index >= 15 is 0 Å². The van der Waals surface area contributed by atoms with Crippen LogP contribution in [-0.2, 0) is 0 Å². The first-order chi connectivity index (χ1) is 5.61. The average Bonchev–Trinajstić information content (AvgIpc) is 2.04. The van der Waals surface area contributed by atoms with Crippen LogP contribution in [0.25, 0.3) is 0 Å². The van der Waals surface area contributed by atoms with Gasteiger partial charge in [0, 0.05) is 20.3 Å². The predicted molar refractivity (Wildman–Crippen MR) is 46.2 cm³/mol. The second-order valence-electron chi connectivity index (χ2n) is 2.57. The van der Waals surface area contributed by atoms with E-state index in [0.717, 1.165) is 0 Å². The van der Waals surface area contributed by atoms with Crippen molar-refractivity contribution in [3.8, 4) is 0 Å². The highest BCUT2D eigenvalue weighted by atomic mass is 16.4. The van der Waals surface area contributed by atoms with Gasteiger partial charge in [0.1, 0.15) is 5.82 Å². The van der Waals surface area contributed by atoms with E-state index in [9.17, 15) is 0 Å². The second kappa shape index (κ2) is 3.51. The Morgan fingerprint density at radius 2 is 1.92 bits per heavy atom. The third-order valence-corrected chi connectivity index (χ3v) is 1.38. The zero-order chi connectivity index (χ0) is 9.14. The van der Waals surface area contributed by atoms with E-state index in [4.69, 9.17) is 10.0 Å². The van der Waals surface area contributed by atoms with Gasteiger partial charge in [-0.15, -0.1) is 0 Å². The summed E-state index contributed by atoms with van der Waals surface area (Å²) in [6, 6.07) is 0. The standard InChI is InChI=1S/C6H10BN3O2/c1-10(2)6-4-8-5(3-9-6)7(11)12/h3-4,11-12H,1-2H3. The van der Waals surface area contributed by atoms with E-state index in [1.807, 2.05) is 14.1 Å². The molecular weight excluding hydrogens is 157 g/mol. The molecule has 1 rings (SSSR count). The number of aromatic nitrogens is 2. The monoisotopic (exact) mass is 167 g/mol. The Morgan fingerprint density at radius 1 is 1.25 bits per heavy atom. The van der Waals surface area contributed by atoms with E-state index in [2.05, 4.69) is 9.97 Å². The molecule has 6 heteroatoms. The van der Waals surface area contributed by atoms with Crippen LogP contribution in [0, 0.1) is 0 Å². The molecule has 0 saturated carbocycles. The smallest absolute Gasteiger partial charge is 0.422 e. The molecule has 64 valence electrons. The lowest BCUT2D eigenvalue weighted by Gasteiger charge is -2.09. The fourth-order valence-corrected chi connectivity index (χ4v) is 0.695. The number of hydrogen-bond acceptors (Lipinski definition) is 5. The summed E-state index contributed by atoms with van der Waals surface area (Å²) < 4.78 is 0. The molecule has 0 fully saturated rings. The fraction of sp³-hybridized carbons (Fsp3) is 0.333. The van der Waals surface area contributed by atoms with Crippen LogP contribution >= 0.6 is 0 Å². The van der Waals surface area contributed by atoms with Crippen molar-refractivity contribution in [2.75, 3.05) is 19.0 Å². The third kappa shape index (κ3) is 1.93. The highest BCUT2D eigenvalue weighted by molar-refractivity contribution is 6.57. The Bertz CT molecular complexity index is 222. The van der Waals surface area contributed by atoms with Crippen LogP contribution in [0.4, 0.5) is 5.82 Å². The molecule has 1 aromatic heterocycles. The van der Waals surface area contributed by atoms with Gasteiger partial charge in [-0.1, -0.05) is 0 Å². The molecule has 0 spiro atoms. The molecule has 1 aromatic rings. The van der Waals surface area contributed by atoms with Crippen molar-refractivity contribution in [2.24, 2.45) is 0 Å². The van der Waals surface area contributed by atoms with Crippen molar-refractivity contribution in [1.29, 1.82) is 0 Å². The fourth-order valence-electron chi connectivity index (χ4n) is 0.695. The van der Waals surface area contributed by atoms with Crippen molar-refractivity contribution >= 4 is 18.5 Å². The maximum Gasteiger partial charge on any atom is 0.509 e. The number of hydrogen-bond donors (Lipinski definition) is 2. The first-order valence-electron chi connectivity index (χ1n) is 3.46. The van der Waals surface area contributed by atoms with Crippen LogP contribution < -0.4 is 10.5 Å². The van der Waals surface area contributed by atoms with Gasteiger partial charge in [-0.05, 0) is 0 Å². The minimum Gasteiger partial charge on any atom is -0.422 e. The normalized spacial score (nSPS) is 9.67. The SMILES string of the molecule is CN(C)c1cnc(B(O)O)cn1. The maximum absolute atomic E-state index is 8.69. The van der Waals surface area contributed by atoms with E-state index in [1.165, 1.54) is 12.4 Å². The Kier molecular flexibility index (Phi) is 2.62. The third-order valence-electron chi connectivity index (χ3n) is 1.38. The van der Waals surface area contributed by atoms with Gasteiger partial charge in [0.2, 0.25) is 0 Å². The number of anilines is 1. The Labute approximate surface area is 70.8 Å². The van der Waals surface area contributed by atoms with Crippen LogP contribution in [0.15, 0.2) is 12.4 Å². The molecule has 0 aliphatic heterocycles. The highest BCUT2D eigenvalue weighted by Crippen LogP contribution is 1.99. The zero-order valence-corrected chi connectivity index (χ0v) is 6.97. The molecule has 0 aromatic carbocycles. The van der Waals surface area contributed by atoms with Crippen LogP contribution in [0.5, 0.6) is 0 Å². The molecule has 0 aliphatic rings. The van der Waals surface area contributed by atoms with E-state index in [1.54, 1.807) is 4.90 Å². The zero-order valence-electron chi connectivity index (χ0n) is 6.97. The van der Waals surface area contributed by atoms with E-state index in [0.29, 0.717) is 5.82 Å². The van der Waals surface area contributed by atoms with Crippen LogP contribution in [0.2, 0.25) is 0 Å². The number of nitrogens with zero attached hydrogens (tertiary/aromatic N) is 3. The summed E-state index contributed by atoms with van der Waals surface area (Å²) in [5, 5.41) is 17.4. The highest BCUT2D eigenvalue weighted by Gasteiger charge is 2.12. The molecule has 0 saturated heterocycles. The molecule has 0 radical (unpaired) electrons. The van der Waals surface area contributed by atoms with Gasteiger partial charge in [0.15, 0.2) is 0 Å². The Hall–Kier alpha value is -1.14. The lowest BCUT2D eigenvalue weighted by atomic mass is 9.87. The Morgan fingerprint density at radius 3 is 2.25 bits per heavy atom. The molecule has 5 nitrogen and oxygen atoms in total. The lowest BCUT2D eigenvalue weighted by molar-refractivity contribution is 0.424. The summed E-state index contributed by atoms with van der Waals surface area (Å²) >= 11 is 0. The van der Waals surface area contributed by atoms with Gasteiger partial charge in [-0.3, -0.25) is 4.98 Å². The molecule has 0 amide bonds. The molecular formula is C6H10BN3O2. The topological polar surface area (TPSA) is 69.5 Å². The maximum atomic E-state index is 8.69. The molecule has 2 N–H and O–H groups in total. The van der Waals surface area contributed by atoms with Gasteiger partial charge in [-0.2, -0.15) is 0 Å². The second-order valence-corrected chi connectivity index (χ2v) is 2.57. The molecule has 0 unspecified atom stereocenters. The van der Waals surface area contributed by atoms with Gasteiger partial charge in [0.25, 0.3) is 0 Å². The minimum absolute atomic E-state index is 0.153. The van der Waals surface area contributed by atoms with Crippen molar-refractivity contribution in [3.63, 3.8) is 0 Å². The van der Waals surface area contributed by atoms with Crippen molar-refractivity contribution < 1.29 is 10.0 Å². The summed E-state index contributed by atoms with van der Waals surface area (Å²) in [6.45, 7) is 0. The van der Waals surface area contributed by atoms with E-state index < -0.39 is 7.12 Å².